The van der Waals surface area contributed by atoms with Gasteiger partial charge in [0.05, 0.1) is 22.6 Å². The molecule has 0 saturated heterocycles. The van der Waals surface area contributed by atoms with Crippen LogP contribution in [0, 0.1) is 13.8 Å². The first kappa shape index (κ1) is 16.6. The maximum Gasteiger partial charge on any atom is 0.259 e. The zero-order valence-corrected chi connectivity index (χ0v) is 14.4. The molecule has 5 heteroatoms. The summed E-state index contributed by atoms with van der Waals surface area (Å²) in [7, 11) is 0. The summed E-state index contributed by atoms with van der Waals surface area (Å²) in [6.07, 6.45) is 0. The second-order valence-corrected chi connectivity index (χ2v) is 5.88. The lowest BCUT2D eigenvalue weighted by atomic mass is 10.1. The molecule has 0 bridgehead atoms. The minimum Gasteiger partial charge on any atom is -0.322 e. The van der Waals surface area contributed by atoms with Crippen molar-refractivity contribution in [3.8, 4) is 5.69 Å². The van der Waals surface area contributed by atoms with Crippen molar-refractivity contribution in [1.29, 1.82) is 0 Å². The standard InChI is InChI=1S/C20H19N3O2/c1-13-19(14(2)23(22-13)18-7-5-4-6-8-18)20(25)21-17-11-9-16(10-12-17)15(3)24/h4-12H,1-3H3,(H,21,25). The van der Waals surface area contributed by atoms with Gasteiger partial charge in [-0.05, 0) is 57.2 Å². The third-order valence-electron chi connectivity index (χ3n) is 4.07. The molecule has 0 aliphatic carbocycles. The number of aryl methyl sites for hydroxylation is 1. The average molecular weight is 333 g/mol. The molecule has 2 aromatic carbocycles. The first-order valence-electron chi connectivity index (χ1n) is 8.01. The summed E-state index contributed by atoms with van der Waals surface area (Å²) in [5, 5.41) is 7.36. The summed E-state index contributed by atoms with van der Waals surface area (Å²) in [5.41, 5.74) is 4.16. The molecule has 0 aliphatic heterocycles. The van der Waals surface area contributed by atoms with Crippen LogP contribution in [0.5, 0.6) is 0 Å². The molecule has 0 saturated carbocycles. The highest BCUT2D eigenvalue weighted by molar-refractivity contribution is 6.06. The molecular formula is C20H19N3O2. The fourth-order valence-electron chi connectivity index (χ4n) is 2.77. The highest BCUT2D eigenvalue weighted by atomic mass is 16.1. The number of nitrogens with one attached hydrogen (secondary N) is 1. The molecule has 1 aromatic heterocycles. The fourth-order valence-corrected chi connectivity index (χ4v) is 2.77. The first-order chi connectivity index (χ1) is 12.0. The third-order valence-corrected chi connectivity index (χ3v) is 4.07. The van der Waals surface area contributed by atoms with Crippen molar-refractivity contribution < 1.29 is 9.59 Å². The van der Waals surface area contributed by atoms with Crippen molar-refractivity contribution in [3.05, 3.63) is 77.1 Å². The summed E-state index contributed by atoms with van der Waals surface area (Å²) >= 11 is 0. The Hall–Kier alpha value is -3.21. The van der Waals surface area contributed by atoms with Gasteiger partial charge < -0.3 is 5.32 Å². The van der Waals surface area contributed by atoms with Crippen molar-refractivity contribution in [2.75, 3.05) is 5.32 Å². The maximum atomic E-state index is 12.7. The number of para-hydroxylation sites is 1. The van der Waals surface area contributed by atoms with E-state index in [0.717, 1.165) is 11.4 Å². The number of anilines is 1. The van der Waals surface area contributed by atoms with Gasteiger partial charge in [0.25, 0.3) is 5.91 Å². The number of hydrogen-bond acceptors (Lipinski definition) is 3. The van der Waals surface area contributed by atoms with Gasteiger partial charge in [0.15, 0.2) is 5.78 Å². The monoisotopic (exact) mass is 333 g/mol. The zero-order chi connectivity index (χ0) is 18.0. The molecule has 0 unspecified atom stereocenters. The van der Waals surface area contributed by atoms with Crippen LogP contribution in [0.3, 0.4) is 0 Å². The van der Waals surface area contributed by atoms with Gasteiger partial charge >= 0.3 is 0 Å². The van der Waals surface area contributed by atoms with Gasteiger partial charge in [-0.3, -0.25) is 9.59 Å². The number of benzene rings is 2. The highest BCUT2D eigenvalue weighted by Gasteiger charge is 2.19. The van der Waals surface area contributed by atoms with E-state index in [1.165, 1.54) is 6.92 Å². The van der Waals surface area contributed by atoms with Gasteiger partial charge in [-0.15, -0.1) is 0 Å². The molecule has 5 nitrogen and oxygen atoms in total. The molecule has 25 heavy (non-hydrogen) atoms. The predicted octanol–water partition coefficient (Wildman–Crippen LogP) is 3.94. The van der Waals surface area contributed by atoms with Crippen molar-refractivity contribution in [2.24, 2.45) is 0 Å². The molecule has 1 N–H and O–H groups in total. The number of amides is 1. The Morgan fingerprint density at radius 3 is 2.20 bits per heavy atom. The van der Waals surface area contributed by atoms with E-state index in [1.54, 1.807) is 28.9 Å². The van der Waals surface area contributed by atoms with Crippen LogP contribution in [0.1, 0.15) is 39.0 Å². The van der Waals surface area contributed by atoms with Gasteiger partial charge in [-0.25, -0.2) is 4.68 Å². The van der Waals surface area contributed by atoms with Gasteiger partial charge in [-0.1, -0.05) is 18.2 Å². The van der Waals surface area contributed by atoms with Crippen LogP contribution in [-0.2, 0) is 0 Å². The highest BCUT2D eigenvalue weighted by Crippen LogP contribution is 2.20. The van der Waals surface area contributed by atoms with Crippen molar-refractivity contribution >= 4 is 17.4 Å². The molecule has 0 spiro atoms. The molecule has 0 atom stereocenters. The lowest BCUT2D eigenvalue weighted by Gasteiger charge is -2.07. The normalized spacial score (nSPS) is 10.5. The molecule has 0 fully saturated rings. The summed E-state index contributed by atoms with van der Waals surface area (Å²) in [6, 6.07) is 16.5. The number of ketones is 1. The predicted molar refractivity (Wildman–Crippen MR) is 97.4 cm³/mol. The Morgan fingerprint density at radius 1 is 0.960 bits per heavy atom. The van der Waals surface area contributed by atoms with Crippen LogP contribution in [-0.4, -0.2) is 21.5 Å². The lowest BCUT2D eigenvalue weighted by Crippen LogP contribution is -2.14. The largest absolute Gasteiger partial charge is 0.322 e. The Balaban J connectivity index is 1.88. The third kappa shape index (κ3) is 3.35. The van der Waals surface area contributed by atoms with Crippen LogP contribution in [0.2, 0.25) is 0 Å². The number of Topliss-reactive ketones (excluding diaryl/α,β-unsaturated/α-hetero) is 1. The van der Waals surface area contributed by atoms with Crippen LogP contribution >= 0.6 is 0 Å². The molecule has 0 aliphatic rings. The SMILES string of the molecule is CC(=O)c1ccc(NC(=O)c2c(C)nn(-c3ccccc3)c2C)cc1. The minimum absolute atomic E-state index is 0.00583. The quantitative estimate of drug-likeness (QED) is 0.735. The number of carbonyl (C=O) groups is 2. The smallest absolute Gasteiger partial charge is 0.259 e. The average Bonchev–Trinajstić information content (AvgIpc) is 2.90. The summed E-state index contributed by atoms with van der Waals surface area (Å²) in [5.74, 6) is -0.221. The van der Waals surface area contributed by atoms with E-state index >= 15 is 0 Å². The molecule has 0 radical (unpaired) electrons. The maximum absolute atomic E-state index is 12.7. The Kier molecular flexibility index (Phi) is 4.48. The van der Waals surface area contributed by atoms with E-state index < -0.39 is 0 Å². The number of aromatic nitrogens is 2. The van der Waals surface area contributed by atoms with Crippen LogP contribution in [0.4, 0.5) is 5.69 Å². The Bertz CT molecular complexity index is 926. The second-order valence-electron chi connectivity index (χ2n) is 5.88. The summed E-state index contributed by atoms with van der Waals surface area (Å²) in [4.78, 5) is 24.0. The van der Waals surface area contributed by atoms with Crippen molar-refractivity contribution in [3.63, 3.8) is 0 Å². The number of nitrogens with zero attached hydrogens (tertiary/aromatic N) is 2. The molecular weight excluding hydrogens is 314 g/mol. The first-order valence-corrected chi connectivity index (χ1v) is 8.01. The van der Waals surface area contributed by atoms with E-state index in [0.29, 0.717) is 22.5 Å². The molecule has 126 valence electrons. The van der Waals surface area contributed by atoms with Gasteiger partial charge in [0, 0.05) is 11.3 Å². The molecule has 3 rings (SSSR count). The second kappa shape index (κ2) is 6.73. The van der Waals surface area contributed by atoms with E-state index in [-0.39, 0.29) is 11.7 Å². The Morgan fingerprint density at radius 2 is 1.60 bits per heavy atom. The Labute approximate surface area is 146 Å². The molecule has 1 amide bonds. The molecule has 1 heterocycles. The van der Waals surface area contributed by atoms with E-state index in [4.69, 9.17) is 0 Å². The van der Waals surface area contributed by atoms with E-state index in [2.05, 4.69) is 10.4 Å². The number of hydrogen-bond donors (Lipinski definition) is 1. The zero-order valence-electron chi connectivity index (χ0n) is 14.4. The summed E-state index contributed by atoms with van der Waals surface area (Å²) < 4.78 is 1.77. The topological polar surface area (TPSA) is 64.0 Å². The van der Waals surface area contributed by atoms with Gasteiger partial charge in [0.2, 0.25) is 0 Å². The number of rotatable bonds is 4. The van der Waals surface area contributed by atoms with E-state index in [1.807, 2.05) is 44.2 Å². The lowest BCUT2D eigenvalue weighted by molar-refractivity contribution is 0.101. The minimum atomic E-state index is -0.215. The van der Waals surface area contributed by atoms with E-state index in [9.17, 15) is 9.59 Å². The molecule has 3 aromatic rings. The van der Waals surface area contributed by atoms with Crippen LogP contribution in [0.25, 0.3) is 5.69 Å². The van der Waals surface area contributed by atoms with Gasteiger partial charge in [-0.2, -0.15) is 5.10 Å². The number of carbonyl (C=O) groups excluding carboxylic acids is 2. The van der Waals surface area contributed by atoms with Gasteiger partial charge in [0.1, 0.15) is 0 Å². The van der Waals surface area contributed by atoms with Crippen LogP contribution in [0.15, 0.2) is 54.6 Å². The van der Waals surface area contributed by atoms with Crippen molar-refractivity contribution in [1.82, 2.24) is 9.78 Å². The van der Waals surface area contributed by atoms with Crippen molar-refractivity contribution in [2.45, 2.75) is 20.8 Å². The summed E-state index contributed by atoms with van der Waals surface area (Å²) in [6.45, 7) is 5.21. The van der Waals surface area contributed by atoms with Crippen LogP contribution < -0.4 is 5.32 Å². The fraction of sp³-hybridized carbons (Fsp3) is 0.150.